The van der Waals surface area contributed by atoms with Crippen LogP contribution < -0.4 is 19.9 Å². The molecule has 0 radical (unpaired) electrons. The molecule has 1 aromatic carbocycles. The van der Waals surface area contributed by atoms with Crippen LogP contribution in [0, 0.1) is 13.8 Å². The molecule has 8 nitrogen and oxygen atoms in total. The second-order valence-corrected chi connectivity index (χ2v) is 7.79. The molecule has 0 saturated carbocycles. The smallest absolute Gasteiger partial charge is 0.324 e. The second-order valence-electron chi connectivity index (χ2n) is 7.79. The predicted molar refractivity (Wildman–Crippen MR) is 119 cm³/mol. The fraction of sp³-hybridized carbons (Fsp3) is 0.304. The fourth-order valence-corrected chi connectivity index (χ4v) is 4.29. The van der Waals surface area contributed by atoms with Crippen LogP contribution >= 0.6 is 0 Å². The second kappa shape index (κ2) is 7.54. The van der Waals surface area contributed by atoms with Gasteiger partial charge in [0.15, 0.2) is 0 Å². The molecule has 2 aliphatic heterocycles. The highest BCUT2D eigenvalue weighted by Crippen LogP contribution is 2.40. The average molecular weight is 416 g/mol. The summed E-state index contributed by atoms with van der Waals surface area (Å²) in [4.78, 5) is 29.8. The molecular formula is C23H24N6O2. The zero-order valence-corrected chi connectivity index (χ0v) is 17.8. The number of amides is 2. The number of carbonyl (C=O) groups excluding carboxylic acids is 1. The van der Waals surface area contributed by atoms with E-state index in [9.17, 15) is 4.79 Å². The minimum atomic E-state index is -0.158. The van der Waals surface area contributed by atoms with Gasteiger partial charge in [0.25, 0.3) is 0 Å². The van der Waals surface area contributed by atoms with Crippen LogP contribution in [0.4, 0.5) is 22.2 Å². The summed E-state index contributed by atoms with van der Waals surface area (Å²) in [7, 11) is 1.68. The number of urea groups is 1. The Morgan fingerprint density at radius 3 is 2.68 bits per heavy atom. The molecule has 2 amide bonds. The van der Waals surface area contributed by atoms with Crippen molar-refractivity contribution in [3.63, 3.8) is 0 Å². The Kier molecular flexibility index (Phi) is 4.69. The van der Waals surface area contributed by atoms with Gasteiger partial charge in [-0.1, -0.05) is 0 Å². The zero-order chi connectivity index (χ0) is 21.5. The number of pyridine rings is 1. The lowest BCUT2D eigenvalue weighted by Crippen LogP contribution is -2.29. The highest BCUT2D eigenvalue weighted by molar-refractivity contribution is 5.92. The Bertz CT molecular complexity index is 1180. The molecular weight excluding hydrogens is 392 g/mol. The Hall–Kier alpha value is -3.68. The molecule has 1 fully saturated rings. The number of nitrogens with zero attached hydrogens (tertiary/aromatic N) is 5. The molecule has 4 heterocycles. The van der Waals surface area contributed by atoms with Crippen LogP contribution in [0.25, 0.3) is 11.3 Å². The number of hydrogen-bond donors (Lipinski definition) is 1. The van der Waals surface area contributed by atoms with Crippen LogP contribution in [0.5, 0.6) is 5.75 Å². The average Bonchev–Trinajstić information content (AvgIpc) is 3.39. The largest absolute Gasteiger partial charge is 0.497 e. The summed E-state index contributed by atoms with van der Waals surface area (Å²) in [6.07, 6.45) is 2.58. The van der Waals surface area contributed by atoms with Crippen molar-refractivity contribution in [1.82, 2.24) is 20.3 Å². The summed E-state index contributed by atoms with van der Waals surface area (Å²) in [5.74, 6) is 2.23. The third-order valence-corrected chi connectivity index (χ3v) is 5.78. The first-order valence-corrected chi connectivity index (χ1v) is 10.4. The van der Waals surface area contributed by atoms with Crippen molar-refractivity contribution in [2.24, 2.45) is 0 Å². The Labute approximate surface area is 180 Å². The van der Waals surface area contributed by atoms with Crippen LogP contribution in [0.2, 0.25) is 0 Å². The van der Waals surface area contributed by atoms with E-state index in [1.807, 2.05) is 25.1 Å². The molecule has 3 aromatic rings. The number of nitrogens with one attached hydrogen (secondary N) is 1. The van der Waals surface area contributed by atoms with Gasteiger partial charge in [0.05, 0.1) is 12.8 Å². The molecule has 1 N–H and O–H groups in total. The molecule has 0 aliphatic carbocycles. The first-order valence-electron chi connectivity index (χ1n) is 10.4. The van der Waals surface area contributed by atoms with Crippen LogP contribution in [0.15, 0.2) is 36.5 Å². The summed E-state index contributed by atoms with van der Waals surface area (Å²) >= 11 is 0. The zero-order valence-electron chi connectivity index (χ0n) is 17.8. The lowest BCUT2D eigenvalue weighted by molar-refractivity contribution is 0.252. The summed E-state index contributed by atoms with van der Waals surface area (Å²) in [6, 6.07) is 9.92. The van der Waals surface area contributed by atoms with Crippen LogP contribution in [0.1, 0.15) is 16.8 Å². The van der Waals surface area contributed by atoms with Gasteiger partial charge in [0.1, 0.15) is 11.6 Å². The Morgan fingerprint density at radius 2 is 1.94 bits per heavy atom. The number of carbonyl (C=O) groups is 1. The summed E-state index contributed by atoms with van der Waals surface area (Å²) in [6.45, 7) is 6.10. The summed E-state index contributed by atoms with van der Waals surface area (Å²) in [5.41, 5.74) is 6.20. The SMILES string of the molecule is COc1ccc(N2CCc3c(-c4ccnc(N5CCNC5=O)n4)cc(C)nc32)c(C)c1. The van der Waals surface area contributed by atoms with E-state index in [1.165, 1.54) is 0 Å². The van der Waals surface area contributed by atoms with E-state index in [0.717, 1.165) is 58.3 Å². The number of ether oxygens (including phenoxy) is 1. The molecule has 158 valence electrons. The predicted octanol–water partition coefficient (Wildman–Crippen LogP) is 3.39. The maximum atomic E-state index is 12.1. The van der Waals surface area contributed by atoms with Crippen molar-refractivity contribution in [3.05, 3.63) is 53.3 Å². The molecule has 0 spiro atoms. The maximum absolute atomic E-state index is 12.1. The number of aromatic nitrogens is 3. The van der Waals surface area contributed by atoms with Crippen molar-refractivity contribution >= 4 is 23.5 Å². The topological polar surface area (TPSA) is 83.5 Å². The summed E-state index contributed by atoms with van der Waals surface area (Å²) in [5, 5.41) is 2.80. The standard InChI is InChI=1S/C23H24N6O2/c1-14-12-16(31-3)4-5-20(14)28-10-7-17-18(13-15(2)26-21(17)28)19-6-8-24-22(27-19)29-11-9-25-23(29)30/h4-6,8,12-13H,7,9-11H2,1-3H3,(H,25,30). The molecule has 5 rings (SSSR count). The van der Waals surface area contributed by atoms with Crippen LogP contribution in [-0.2, 0) is 6.42 Å². The number of rotatable bonds is 4. The molecule has 2 aliphatic rings. The monoisotopic (exact) mass is 416 g/mol. The van der Waals surface area contributed by atoms with E-state index in [4.69, 9.17) is 14.7 Å². The van der Waals surface area contributed by atoms with Crippen molar-refractivity contribution in [1.29, 1.82) is 0 Å². The van der Waals surface area contributed by atoms with E-state index in [-0.39, 0.29) is 6.03 Å². The van der Waals surface area contributed by atoms with E-state index >= 15 is 0 Å². The van der Waals surface area contributed by atoms with Gasteiger partial charge in [-0.3, -0.25) is 4.90 Å². The number of aryl methyl sites for hydroxylation is 2. The minimum Gasteiger partial charge on any atom is -0.497 e. The van der Waals surface area contributed by atoms with Crippen LogP contribution in [-0.4, -0.2) is 47.7 Å². The van der Waals surface area contributed by atoms with Crippen LogP contribution in [0.3, 0.4) is 0 Å². The number of anilines is 3. The number of fused-ring (bicyclic) bond motifs is 1. The number of methoxy groups -OCH3 is 1. The van der Waals surface area contributed by atoms with Crippen molar-refractivity contribution in [3.8, 4) is 17.0 Å². The Balaban J connectivity index is 1.57. The first kappa shape index (κ1) is 19.3. The van der Waals surface area contributed by atoms with E-state index in [1.54, 1.807) is 18.2 Å². The molecule has 0 unspecified atom stereocenters. The fourth-order valence-electron chi connectivity index (χ4n) is 4.29. The third-order valence-electron chi connectivity index (χ3n) is 5.78. The third kappa shape index (κ3) is 3.34. The van der Waals surface area contributed by atoms with Gasteiger partial charge < -0.3 is 15.0 Å². The molecule has 0 bridgehead atoms. The van der Waals surface area contributed by atoms with Gasteiger partial charge in [-0.2, -0.15) is 0 Å². The molecule has 1 saturated heterocycles. The number of benzene rings is 1. The molecule has 2 aromatic heterocycles. The van der Waals surface area contributed by atoms with E-state index in [0.29, 0.717) is 19.0 Å². The number of hydrogen-bond acceptors (Lipinski definition) is 6. The maximum Gasteiger partial charge on any atom is 0.324 e. The van der Waals surface area contributed by atoms with Crippen molar-refractivity contribution < 1.29 is 9.53 Å². The normalized spacial score (nSPS) is 15.3. The summed E-state index contributed by atoms with van der Waals surface area (Å²) < 4.78 is 5.36. The minimum absolute atomic E-state index is 0.158. The van der Waals surface area contributed by atoms with Gasteiger partial charge in [0, 0.05) is 48.3 Å². The van der Waals surface area contributed by atoms with Gasteiger partial charge in [-0.25, -0.2) is 19.7 Å². The lowest BCUT2D eigenvalue weighted by Gasteiger charge is -2.22. The van der Waals surface area contributed by atoms with Crippen molar-refractivity contribution in [2.45, 2.75) is 20.3 Å². The van der Waals surface area contributed by atoms with Gasteiger partial charge in [0.2, 0.25) is 5.95 Å². The Morgan fingerprint density at radius 1 is 1.06 bits per heavy atom. The van der Waals surface area contributed by atoms with E-state index in [2.05, 4.69) is 34.3 Å². The van der Waals surface area contributed by atoms with Crippen molar-refractivity contribution in [2.75, 3.05) is 36.5 Å². The highest BCUT2D eigenvalue weighted by atomic mass is 16.5. The molecule has 31 heavy (non-hydrogen) atoms. The molecule has 0 atom stereocenters. The lowest BCUT2D eigenvalue weighted by atomic mass is 10.0. The van der Waals surface area contributed by atoms with Gasteiger partial charge >= 0.3 is 6.03 Å². The molecule has 8 heteroatoms. The highest BCUT2D eigenvalue weighted by Gasteiger charge is 2.28. The van der Waals surface area contributed by atoms with E-state index < -0.39 is 0 Å². The first-order chi connectivity index (χ1) is 15.0. The van der Waals surface area contributed by atoms with Gasteiger partial charge in [-0.15, -0.1) is 0 Å². The quantitative estimate of drug-likeness (QED) is 0.702. The van der Waals surface area contributed by atoms with Gasteiger partial charge in [-0.05, 0) is 56.2 Å².